The third-order valence-electron chi connectivity index (χ3n) is 2.64. The first-order valence-electron chi connectivity index (χ1n) is 5.81. The quantitative estimate of drug-likeness (QED) is 0.668. The number of hydrogen-bond donors (Lipinski definition) is 1. The van der Waals surface area contributed by atoms with Crippen molar-refractivity contribution in [3.63, 3.8) is 0 Å². The highest BCUT2D eigenvalue weighted by Crippen LogP contribution is 2.21. The van der Waals surface area contributed by atoms with Gasteiger partial charge in [0.15, 0.2) is 0 Å². The van der Waals surface area contributed by atoms with E-state index < -0.39 is 10.7 Å². The monoisotopic (exact) mass is 277 g/mol. The van der Waals surface area contributed by atoms with Crippen LogP contribution in [0.5, 0.6) is 5.75 Å². The molecule has 0 radical (unpaired) electrons. The van der Waals surface area contributed by atoms with Gasteiger partial charge >= 0.3 is 0 Å². The molecule has 0 saturated heterocycles. The molecule has 0 spiro atoms. The smallest absolute Gasteiger partial charge is 0.276 e. The number of nitrogens with two attached hydrogens (primary N) is 1. The van der Waals surface area contributed by atoms with Gasteiger partial charge in [-0.15, -0.1) is 0 Å². The molecule has 1 aromatic heterocycles. The van der Waals surface area contributed by atoms with Crippen molar-refractivity contribution in [3.05, 3.63) is 63.7 Å². The third kappa shape index (κ3) is 3.27. The van der Waals surface area contributed by atoms with Crippen molar-refractivity contribution in [1.29, 1.82) is 0 Å². The van der Waals surface area contributed by atoms with Crippen molar-refractivity contribution >= 4 is 5.69 Å². The summed E-state index contributed by atoms with van der Waals surface area (Å²) in [5, 5.41) is 10.8. The first-order valence-corrected chi connectivity index (χ1v) is 5.81. The van der Waals surface area contributed by atoms with Crippen LogP contribution < -0.4 is 10.5 Å². The molecule has 0 atom stereocenters. The second kappa shape index (κ2) is 6.07. The summed E-state index contributed by atoms with van der Waals surface area (Å²) in [6.45, 7) is 0.202. The minimum absolute atomic E-state index is 0.113. The minimum Gasteiger partial charge on any atom is -0.487 e. The summed E-state index contributed by atoms with van der Waals surface area (Å²) in [6, 6.07) is 6.58. The number of nitro benzene ring substituents is 1. The molecule has 0 fully saturated rings. The SMILES string of the molecule is NCc1ccc(OCc2cc(F)ccc2[N+](=O)[O-])cn1. The predicted octanol–water partition coefficient (Wildman–Crippen LogP) is 2.17. The van der Waals surface area contributed by atoms with Gasteiger partial charge in [-0.05, 0) is 24.3 Å². The number of benzene rings is 1. The summed E-state index contributed by atoms with van der Waals surface area (Å²) in [4.78, 5) is 14.3. The summed E-state index contributed by atoms with van der Waals surface area (Å²) in [7, 11) is 0. The summed E-state index contributed by atoms with van der Waals surface area (Å²) in [6.07, 6.45) is 1.47. The van der Waals surface area contributed by atoms with Gasteiger partial charge in [0.2, 0.25) is 0 Å². The number of hydrogen-bond acceptors (Lipinski definition) is 5. The highest BCUT2D eigenvalue weighted by Gasteiger charge is 2.14. The van der Waals surface area contributed by atoms with E-state index in [1.165, 1.54) is 6.20 Å². The second-order valence-corrected chi connectivity index (χ2v) is 4.01. The number of halogens is 1. The molecule has 0 amide bonds. The van der Waals surface area contributed by atoms with Gasteiger partial charge in [0.25, 0.3) is 5.69 Å². The molecule has 2 rings (SSSR count). The first-order chi connectivity index (χ1) is 9.60. The zero-order valence-electron chi connectivity index (χ0n) is 10.5. The molecule has 2 N–H and O–H groups in total. The van der Waals surface area contributed by atoms with Crippen molar-refractivity contribution < 1.29 is 14.1 Å². The van der Waals surface area contributed by atoms with Crippen molar-refractivity contribution in [2.45, 2.75) is 13.2 Å². The highest BCUT2D eigenvalue weighted by molar-refractivity contribution is 5.40. The maximum absolute atomic E-state index is 13.1. The lowest BCUT2D eigenvalue weighted by Gasteiger charge is -2.07. The van der Waals surface area contributed by atoms with Gasteiger partial charge in [-0.3, -0.25) is 15.1 Å². The number of aromatic nitrogens is 1. The van der Waals surface area contributed by atoms with Gasteiger partial charge in [-0.2, -0.15) is 0 Å². The Morgan fingerprint density at radius 2 is 2.15 bits per heavy atom. The van der Waals surface area contributed by atoms with Gasteiger partial charge < -0.3 is 10.5 Å². The Balaban J connectivity index is 2.13. The number of nitro groups is 1. The van der Waals surface area contributed by atoms with Crippen LogP contribution in [0.4, 0.5) is 10.1 Å². The van der Waals surface area contributed by atoms with Crippen molar-refractivity contribution in [3.8, 4) is 5.75 Å². The Hall–Kier alpha value is -2.54. The Morgan fingerprint density at radius 3 is 2.75 bits per heavy atom. The van der Waals surface area contributed by atoms with Crippen LogP contribution in [-0.2, 0) is 13.2 Å². The fraction of sp³-hybridized carbons (Fsp3) is 0.154. The van der Waals surface area contributed by atoms with Crippen LogP contribution in [-0.4, -0.2) is 9.91 Å². The molecule has 6 nitrogen and oxygen atoms in total. The number of ether oxygens (including phenoxy) is 1. The van der Waals surface area contributed by atoms with Gasteiger partial charge in [-0.1, -0.05) is 0 Å². The summed E-state index contributed by atoms with van der Waals surface area (Å²) >= 11 is 0. The second-order valence-electron chi connectivity index (χ2n) is 4.01. The lowest BCUT2D eigenvalue weighted by molar-refractivity contribution is -0.385. The van der Waals surface area contributed by atoms with Crippen molar-refractivity contribution in [1.82, 2.24) is 4.98 Å². The van der Waals surface area contributed by atoms with Crippen LogP contribution in [0.25, 0.3) is 0 Å². The maximum atomic E-state index is 13.1. The van der Waals surface area contributed by atoms with Crippen LogP contribution in [0.1, 0.15) is 11.3 Å². The zero-order chi connectivity index (χ0) is 14.5. The summed E-state index contributed by atoms with van der Waals surface area (Å²) in [5.41, 5.74) is 6.10. The van der Waals surface area contributed by atoms with Gasteiger partial charge in [0, 0.05) is 12.6 Å². The largest absolute Gasteiger partial charge is 0.487 e. The average molecular weight is 277 g/mol. The van der Waals surface area contributed by atoms with Crippen molar-refractivity contribution in [2.75, 3.05) is 0 Å². The van der Waals surface area contributed by atoms with Crippen LogP contribution in [0.3, 0.4) is 0 Å². The molecule has 2 aromatic rings. The molecule has 0 aliphatic rings. The lowest BCUT2D eigenvalue weighted by atomic mass is 10.2. The average Bonchev–Trinajstić information content (AvgIpc) is 2.45. The Labute approximate surface area is 114 Å². The molecule has 0 aliphatic carbocycles. The summed E-state index contributed by atoms with van der Waals surface area (Å²) in [5.74, 6) is -0.119. The van der Waals surface area contributed by atoms with Crippen LogP contribution in [0, 0.1) is 15.9 Å². The molecule has 0 unspecified atom stereocenters. The van der Waals surface area contributed by atoms with Crippen LogP contribution in [0.2, 0.25) is 0 Å². The topological polar surface area (TPSA) is 91.3 Å². The molecule has 104 valence electrons. The molecule has 1 aromatic carbocycles. The third-order valence-corrected chi connectivity index (χ3v) is 2.64. The molecule has 7 heteroatoms. The molecular weight excluding hydrogens is 265 g/mol. The fourth-order valence-corrected chi connectivity index (χ4v) is 1.63. The van der Waals surface area contributed by atoms with E-state index in [2.05, 4.69) is 4.98 Å². The van der Waals surface area contributed by atoms with E-state index in [1.807, 2.05) is 0 Å². The first kappa shape index (κ1) is 13.9. The molecule has 20 heavy (non-hydrogen) atoms. The Morgan fingerprint density at radius 1 is 1.35 bits per heavy atom. The number of pyridine rings is 1. The fourth-order valence-electron chi connectivity index (χ4n) is 1.63. The van der Waals surface area contributed by atoms with E-state index in [9.17, 15) is 14.5 Å². The van der Waals surface area contributed by atoms with Gasteiger partial charge in [0.1, 0.15) is 18.2 Å². The predicted molar refractivity (Wildman–Crippen MR) is 69.5 cm³/mol. The van der Waals surface area contributed by atoms with Crippen LogP contribution >= 0.6 is 0 Å². The molecule has 0 bridgehead atoms. The zero-order valence-corrected chi connectivity index (χ0v) is 10.5. The highest BCUT2D eigenvalue weighted by atomic mass is 19.1. The van der Waals surface area contributed by atoms with E-state index in [-0.39, 0.29) is 17.9 Å². The number of nitrogens with zero attached hydrogens (tertiary/aromatic N) is 2. The van der Waals surface area contributed by atoms with E-state index in [0.717, 1.165) is 18.2 Å². The van der Waals surface area contributed by atoms with Crippen molar-refractivity contribution in [2.24, 2.45) is 5.73 Å². The molecule has 0 aliphatic heterocycles. The van der Waals surface area contributed by atoms with Gasteiger partial charge in [-0.25, -0.2) is 4.39 Å². The molecule has 1 heterocycles. The standard InChI is InChI=1S/C13H12FN3O3/c14-10-1-4-13(17(18)19)9(5-10)8-20-12-3-2-11(6-15)16-7-12/h1-5,7H,6,8,15H2. The molecular formula is C13H12FN3O3. The minimum atomic E-state index is -0.575. The summed E-state index contributed by atoms with van der Waals surface area (Å²) < 4.78 is 18.5. The van der Waals surface area contributed by atoms with Crippen LogP contribution in [0.15, 0.2) is 36.5 Å². The Bertz CT molecular complexity index is 617. The molecule has 0 saturated carbocycles. The maximum Gasteiger partial charge on any atom is 0.276 e. The van der Waals surface area contributed by atoms with Gasteiger partial charge in [0.05, 0.1) is 22.4 Å². The normalized spacial score (nSPS) is 10.3. The van der Waals surface area contributed by atoms with E-state index in [0.29, 0.717) is 18.0 Å². The van der Waals surface area contributed by atoms with E-state index in [4.69, 9.17) is 10.5 Å². The Kier molecular flexibility index (Phi) is 4.21. The lowest BCUT2D eigenvalue weighted by Crippen LogP contribution is -2.03. The van der Waals surface area contributed by atoms with E-state index >= 15 is 0 Å². The number of rotatable bonds is 5. The van der Waals surface area contributed by atoms with E-state index in [1.54, 1.807) is 12.1 Å².